The van der Waals surface area contributed by atoms with Crippen LogP contribution in [0.25, 0.3) is 0 Å². The third kappa shape index (κ3) is 4.71. The van der Waals surface area contributed by atoms with E-state index in [1.54, 1.807) is 0 Å². The van der Waals surface area contributed by atoms with E-state index in [0.717, 1.165) is 19.6 Å². The predicted octanol–water partition coefficient (Wildman–Crippen LogP) is 2.24. The fraction of sp³-hybridized carbons (Fsp3) is 0.500. The molecule has 1 N–H and O–H groups in total. The van der Waals surface area contributed by atoms with Gasteiger partial charge < -0.3 is 5.32 Å². The second kappa shape index (κ2) is 7.91. The lowest BCUT2D eigenvalue weighted by atomic mass is 10.1. The second-order valence-electron chi connectivity index (χ2n) is 4.02. The lowest BCUT2D eigenvalue weighted by Crippen LogP contribution is -2.42. The van der Waals surface area contributed by atoms with Crippen LogP contribution in [0.1, 0.15) is 11.1 Å². The van der Waals surface area contributed by atoms with Crippen molar-refractivity contribution in [2.24, 2.45) is 0 Å². The molecule has 1 aromatic rings. The smallest absolute Gasteiger partial charge is 0.0234 e. The quantitative estimate of drug-likeness (QED) is 0.880. The topological polar surface area (TPSA) is 15.3 Å². The molecule has 0 amide bonds. The number of aryl methyl sites for hydroxylation is 1. The van der Waals surface area contributed by atoms with Crippen LogP contribution in [0.3, 0.4) is 0 Å². The van der Waals surface area contributed by atoms with E-state index in [9.17, 15) is 0 Å². The molecule has 1 aromatic carbocycles. The maximum absolute atomic E-state index is 3.37. The molecule has 0 atom stereocenters. The molecular formula is C12H20Cl2N2. The van der Waals surface area contributed by atoms with Crippen molar-refractivity contribution in [3.63, 3.8) is 0 Å². The molecule has 1 fully saturated rings. The van der Waals surface area contributed by atoms with Gasteiger partial charge in [0, 0.05) is 32.7 Å². The number of benzene rings is 1. The molecule has 0 unspecified atom stereocenters. The molecule has 16 heavy (non-hydrogen) atoms. The molecule has 0 aliphatic carbocycles. The SMILES string of the molecule is Cc1cccc(CN2CCNCC2)c1.Cl.Cl. The predicted molar refractivity (Wildman–Crippen MR) is 73.8 cm³/mol. The van der Waals surface area contributed by atoms with Gasteiger partial charge in [0.1, 0.15) is 0 Å². The van der Waals surface area contributed by atoms with Crippen molar-refractivity contribution in [2.45, 2.75) is 13.5 Å². The zero-order chi connectivity index (χ0) is 9.80. The highest BCUT2D eigenvalue weighted by Gasteiger charge is 2.09. The summed E-state index contributed by atoms with van der Waals surface area (Å²) in [6.45, 7) is 7.87. The van der Waals surface area contributed by atoms with Crippen LogP contribution in [0.5, 0.6) is 0 Å². The lowest BCUT2D eigenvalue weighted by Gasteiger charge is -2.27. The van der Waals surface area contributed by atoms with Gasteiger partial charge >= 0.3 is 0 Å². The number of nitrogens with one attached hydrogen (secondary N) is 1. The molecule has 2 rings (SSSR count). The Balaban J connectivity index is 0.00000112. The van der Waals surface area contributed by atoms with Gasteiger partial charge in [-0.15, -0.1) is 24.8 Å². The first kappa shape index (κ1) is 15.7. The molecule has 92 valence electrons. The molecule has 0 bridgehead atoms. The normalized spacial score (nSPS) is 16.1. The molecule has 2 nitrogen and oxygen atoms in total. The second-order valence-corrected chi connectivity index (χ2v) is 4.02. The van der Waals surface area contributed by atoms with E-state index in [-0.39, 0.29) is 24.8 Å². The number of piperazine rings is 1. The van der Waals surface area contributed by atoms with Crippen LogP contribution >= 0.6 is 24.8 Å². The summed E-state index contributed by atoms with van der Waals surface area (Å²) in [6.07, 6.45) is 0. The van der Waals surface area contributed by atoms with Crippen LogP contribution in [-0.4, -0.2) is 31.1 Å². The van der Waals surface area contributed by atoms with Crippen LogP contribution in [-0.2, 0) is 6.54 Å². The third-order valence-electron chi connectivity index (χ3n) is 2.70. The van der Waals surface area contributed by atoms with Crippen LogP contribution in [0.4, 0.5) is 0 Å². The molecule has 1 saturated heterocycles. The van der Waals surface area contributed by atoms with Crippen molar-refractivity contribution in [3.05, 3.63) is 35.4 Å². The molecule has 1 aliphatic rings. The summed E-state index contributed by atoms with van der Waals surface area (Å²) in [7, 11) is 0. The molecule has 0 spiro atoms. The van der Waals surface area contributed by atoms with Crippen LogP contribution in [0.15, 0.2) is 24.3 Å². The van der Waals surface area contributed by atoms with E-state index in [2.05, 4.69) is 41.4 Å². The lowest BCUT2D eigenvalue weighted by molar-refractivity contribution is 0.233. The summed E-state index contributed by atoms with van der Waals surface area (Å²) in [5, 5.41) is 3.37. The average Bonchev–Trinajstić information content (AvgIpc) is 2.19. The van der Waals surface area contributed by atoms with E-state index in [0.29, 0.717) is 0 Å². The number of hydrogen-bond acceptors (Lipinski definition) is 2. The van der Waals surface area contributed by atoms with Gasteiger partial charge in [-0.1, -0.05) is 29.8 Å². The summed E-state index contributed by atoms with van der Waals surface area (Å²) in [4.78, 5) is 2.51. The average molecular weight is 263 g/mol. The van der Waals surface area contributed by atoms with Crippen molar-refractivity contribution in [2.75, 3.05) is 26.2 Å². The zero-order valence-electron chi connectivity index (χ0n) is 9.61. The first-order valence-corrected chi connectivity index (χ1v) is 5.33. The first-order valence-electron chi connectivity index (χ1n) is 5.33. The number of hydrogen-bond donors (Lipinski definition) is 1. The van der Waals surface area contributed by atoms with Crippen molar-refractivity contribution >= 4 is 24.8 Å². The van der Waals surface area contributed by atoms with Gasteiger partial charge in [0.05, 0.1) is 0 Å². The van der Waals surface area contributed by atoms with Crippen LogP contribution < -0.4 is 5.32 Å². The Morgan fingerprint density at radius 3 is 2.50 bits per heavy atom. The Morgan fingerprint density at radius 1 is 1.19 bits per heavy atom. The summed E-state index contributed by atoms with van der Waals surface area (Å²) < 4.78 is 0. The largest absolute Gasteiger partial charge is 0.314 e. The van der Waals surface area contributed by atoms with E-state index < -0.39 is 0 Å². The van der Waals surface area contributed by atoms with Gasteiger partial charge in [-0.05, 0) is 12.5 Å². The highest BCUT2D eigenvalue weighted by atomic mass is 35.5. The van der Waals surface area contributed by atoms with E-state index >= 15 is 0 Å². The van der Waals surface area contributed by atoms with Crippen molar-refractivity contribution in [3.8, 4) is 0 Å². The summed E-state index contributed by atoms with van der Waals surface area (Å²) in [5.74, 6) is 0. The van der Waals surface area contributed by atoms with Gasteiger partial charge in [-0.2, -0.15) is 0 Å². The Labute approximate surface area is 110 Å². The standard InChI is InChI=1S/C12H18N2.2ClH/c1-11-3-2-4-12(9-11)10-14-7-5-13-6-8-14;;/h2-4,9,13H,5-8,10H2,1H3;2*1H. The summed E-state index contributed by atoms with van der Waals surface area (Å²) >= 11 is 0. The summed E-state index contributed by atoms with van der Waals surface area (Å²) in [6, 6.07) is 8.80. The number of halogens is 2. The van der Waals surface area contributed by atoms with E-state index in [1.807, 2.05) is 0 Å². The van der Waals surface area contributed by atoms with Gasteiger partial charge in [0.15, 0.2) is 0 Å². The first-order chi connectivity index (χ1) is 6.84. The van der Waals surface area contributed by atoms with Gasteiger partial charge in [-0.25, -0.2) is 0 Å². The minimum atomic E-state index is 0. The molecular weight excluding hydrogens is 243 g/mol. The monoisotopic (exact) mass is 262 g/mol. The molecule has 4 heteroatoms. The fourth-order valence-corrected chi connectivity index (χ4v) is 1.94. The van der Waals surface area contributed by atoms with Gasteiger partial charge in [-0.3, -0.25) is 4.90 Å². The third-order valence-corrected chi connectivity index (χ3v) is 2.70. The Kier molecular flexibility index (Phi) is 7.77. The van der Waals surface area contributed by atoms with Gasteiger partial charge in [0.2, 0.25) is 0 Å². The molecule has 1 heterocycles. The Bertz CT molecular complexity index is 299. The number of nitrogens with zero attached hydrogens (tertiary/aromatic N) is 1. The van der Waals surface area contributed by atoms with Gasteiger partial charge in [0.25, 0.3) is 0 Å². The number of rotatable bonds is 2. The Morgan fingerprint density at radius 2 is 1.88 bits per heavy atom. The summed E-state index contributed by atoms with van der Waals surface area (Å²) in [5.41, 5.74) is 2.80. The molecule has 0 radical (unpaired) electrons. The molecule has 0 saturated carbocycles. The molecule has 0 aromatic heterocycles. The van der Waals surface area contributed by atoms with Crippen molar-refractivity contribution in [1.29, 1.82) is 0 Å². The van der Waals surface area contributed by atoms with E-state index in [1.165, 1.54) is 24.2 Å². The highest BCUT2D eigenvalue weighted by molar-refractivity contribution is 5.85. The van der Waals surface area contributed by atoms with Crippen molar-refractivity contribution in [1.82, 2.24) is 10.2 Å². The highest BCUT2D eigenvalue weighted by Crippen LogP contribution is 2.07. The zero-order valence-corrected chi connectivity index (χ0v) is 11.2. The van der Waals surface area contributed by atoms with Crippen LogP contribution in [0.2, 0.25) is 0 Å². The Hall–Kier alpha value is -0.280. The molecule has 1 aliphatic heterocycles. The maximum Gasteiger partial charge on any atom is 0.0234 e. The minimum absolute atomic E-state index is 0. The van der Waals surface area contributed by atoms with Crippen LogP contribution in [0, 0.1) is 6.92 Å². The van der Waals surface area contributed by atoms with Crippen molar-refractivity contribution < 1.29 is 0 Å². The minimum Gasteiger partial charge on any atom is -0.314 e. The van der Waals surface area contributed by atoms with E-state index in [4.69, 9.17) is 0 Å². The maximum atomic E-state index is 3.37. The fourth-order valence-electron chi connectivity index (χ4n) is 1.94.